The topological polar surface area (TPSA) is 75.7 Å². The molecule has 0 amide bonds. The quantitative estimate of drug-likeness (QED) is 0.496. The van der Waals surface area contributed by atoms with Crippen LogP contribution in [0.15, 0.2) is 30.5 Å². The molecular weight excluding hydrogens is 164 g/mol. The SMILES string of the molecule is N=C(N)c1ccc2ncccc2n1. The Balaban J connectivity index is 2.69. The Kier molecular flexibility index (Phi) is 1.66. The van der Waals surface area contributed by atoms with Crippen molar-refractivity contribution < 1.29 is 0 Å². The second kappa shape index (κ2) is 2.82. The third kappa shape index (κ3) is 1.33. The van der Waals surface area contributed by atoms with Gasteiger partial charge in [0.15, 0.2) is 0 Å². The lowest BCUT2D eigenvalue weighted by molar-refractivity contribution is 1.28. The van der Waals surface area contributed by atoms with Gasteiger partial charge >= 0.3 is 0 Å². The van der Waals surface area contributed by atoms with E-state index in [9.17, 15) is 0 Å². The highest BCUT2D eigenvalue weighted by atomic mass is 14.8. The Morgan fingerprint density at radius 1 is 1.23 bits per heavy atom. The van der Waals surface area contributed by atoms with Crippen LogP contribution in [0.2, 0.25) is 0 Å². The maximum atomic E-state index is 7.21. The maximum absolute atomic E-state index is 7.21. The van der Waals surface area contributed by atoms with Crippen molar-refractivity contribution in [3.8, 4) is 0 Å². The lowest BCUT2D eigenvalue weighted by Crippen LogP contribution is -2.12. The molecule has 0 atom stereocenters. The number of nitrogens with zero attached hydrogens (tertiary/aromatic N) is 2. The summed E-state index contributed by atoms with van der Waals surface area (Å²) in [6, 6.07) is 7.14. The fourth-order valence-electron chi connectivity index (χ4n) is 1.11. The first-order chi connectivity index (χ1) is 6.27. The van der Waals surface area contributed by atoms with Gasteiger partial charge in [-0.1, -0.05) is 0 Å². The molecule has 0 radical (unpaired) electrons. The van der Waals surface area contributed by atoms with E-state index in [0.717, 1.165) is 11.0 Å². The molecule has 0 saturated heterocycles. The Morgan fingerprint density at radius 3 is 2.85 bits per heavy atom. The minimum Gasteiger partial charge on any atom is -0.382 e. The number of nitrogens with two attached hydrogens (primary N) is 1. The van der Waals surface area contributed by atoms with Gasteiger partial charge in [-0.3, -0.25) is 10.4 Å². The number of nitrogens with one attached hydrogen (secondary N) is 1. The van der Waals surface area contributed by atoms with E-state index in [2.05, 4.69) is 9.97 Å². The molecule has 64 valence electrons. The molecule has 2 heterocycles. The van der Waals surface area contributed by atoms with Gasteiger partial charge in [0.2, 0.25) is 0 Å². The third-order valence-electron chi connectivity index (χ3n) is 1.73. The highest BCUT2D eigenvalue weighted by molar-refractivity contribution is 5.94. The molecule has 4 nitrogen and oxygen atoms in total. The van der Waals surface area contributed by atoms with Gasteiger partial charge in [0.1, 0.15) is 11.5 Å². The van der Waals surface area contributed by atoms with Crippen LogP contribution in [0.4, 0.5) is 0 Å². The molecule has 0 aliphatic heterocycles. The van der Waals surface area contributed by atoms with Crippen molar-refractivity contribution in [2.24, 2.45) is 5.73 Å². The van der Waals surface area contributed by atoms with E-state index in [0.29, 0.717) is 5.69 Å². The third-order valence-corrected chi connectivity index (χ3v) is 1.73. The summed E-state index contributed by atoms with van der Waals surface area (Å²) in [4.78, 5) is 8.27. The van der Waals surface area contributed by atoms with Gasteiger partial charge in [-0.15, -0.1) is 0 Å². The van der Waals surface area contributed by atoms with Crippen LogP contribution >= 0.6 is 0 Å². The molecule has 0 spiro atoms. The van der Waals surface area contributed by atoms with Crippen LogP contribution in [0.1, 0.15) is 5.69 Å². The molecule has 4 heteroatoms. The Labute approximate surface area is 74.9 Å². The van der Waals surface area contributed by atoms with E-state index < -0.39 is 0 Å². The number of fused-ring (bicyclic) bond motifs is 1. The van der Waals surface area contributed by atoms with E-state index in [-0.39, 0.29) is 5.84 Å². The van der Waals surface area contributed by atoms with E-state index in [1.165, 1.54) is 0 Å². The predicted octanol–water partition coefficient (Wildman–Crippen LogP) is 0.914. The molecule has 13 heavy (non-hydrogen) atoms. The molecular formula is C9H8N4. The van der Waals surface area contributed by atoms with Crippen LogP contribution in [-0.2, 0) is 0 Å². The largest absolute Gasteiger partial charge is 0.382 e. The molecule has 0 bridgehead atoms. The molecule has 0 saturated carbocycles. The highest BCUT2D eigenvalue weighted by Crippen LogP contribution is 2.07. The summed E-state index contributed by atoms with van der Waals surface area (Å²) in [6.45, 7) is 0. The second-order valence-electron chi connectivity index (χ2n) is 2.65. The van der Waals surface area contributed by atoms with Gasteiger partial charge in [-0.25, -0.2) is 4.98 Å². The zero-order valence-corrected chi connectivity index (χ0v) is 6.86. The van der Waals surface area contributed by atoms with E-state index in [1.807, 2.05) is 6.07 Å². The number of rotatable bonds is 1. The number of aromatic nitrogens is 2. The van der Waals surface area contributed by atoms with E-state index >= 15 is 0 Å². The molecule has 0 unspecified atom stereocenters. The summed E-state index contributed by atoms with van der Waals surface area (Å²) >= 11 is 0. The van der Waals surface area contributed by atoms with Crippen molar-refractivity contribution in [1.29, 1.82) is 5.41 Å². The first-order valence-electron chi connectivity index (χ1n) is 3.83. The standard InChI is InChI=1S/C9H8N4/c10-9(11)8-4-3-6-7(13-8)2-1-5-12-6/h1-5H,(H3,10,11). The maximum Gasteiger partial charge on any atom is 0.141 e. The van der Waals surface area contributed by atoms with Crippen molar-refractivity contribution >= 4 is 16.9 Å². The molecule has 0 fully saturated rings. The fraction of sp³-hybridized carbons (Fsp3) is 0. The average molecular weight is 172 g/mol. The van der Waals surface area contributed by atoms with Crippen molar-refractivity contribution in [3.63, 3.8) is 0 Å². The van der Waals surface area contributed by atoms with Crippen LogP contribution < -0.4 is 5.73 Å². The van der Waals surface area contributed by atoms with Crippen molar-refractivity contribution in [2.45, 2.75) is 0 Å². The van der Waals surface area contributed by atoms with Crippen molar-refractivity contribution in [3.05, 3.63) is 36.2 Å². The van der Waals surface area contributed by atoms with Crippen LogP contribution in [0.3, 0.4) is 0 Å². The summed E-state index contributed by atoms with van der Waals surface area (Å²) in [5, 5.41) is 7.21. The molecule has 2 aromatic rings. The van der Waals surface area contributed by atoms with Gasteiger partial charge in [0.05, 0.1) is 11.0 Å². The predicted molar refractivity (Wildman–Crippen MR) is 50.6 cm³/mol. The molecule has 2 aromatic heterocycles. The van der Waals surface area contributed by atoms with E-state index in [1.54, 1.807) is 24.4 Å². The normalized spacial score (nSPS) is 10.2. The number of nitrogen functional groups attached to an aromatic ring is 1. The molecule has 0 aliphatic carbocycles. The van der Waals surface area contributed by atoms with Crippen LogP contribution in [0, 0.1) is 5.41 Å². The van der Waals surface area contributed by atoms with Gasteiger partial charge in [-0.2, -0.15) is 0 Å². The summed E-state index contributed by atoms with van der Waals surface area (Å²) in [7, 11) is 0. The van der Waals surface area contributed by atoms with Crippen LogP contribution in [0.25, 0.3) is 11.0 Å². The second-order valence-corrected chi connectivity index (χ2v) is 2.65. The van der Waals surface area contributed by atoms with Gasteiger partial charge in [0, 0.05) is 6.20 Å². The number of hydrogen-bond donors (Lipinski definition) is 2. The van der Waals surface area contributed by atoms with Crippen molar-refractivity contribution in [2.75, 3.05) is 0 Å². The number of hydrogen-bond acceptors (Lipinski definition) is 3. The first kappa shape index (κ1) is 7.67. The van der Waals surface area contributed by atoms with Gasteiger partial charge in [0.25, 0.3) is 0 Å². The Bertz CT molecular complexity index is 464. The molecule has 0 aromatic carbocycles. The minimum absolute atomic E-state index is 0.0225. The Morgan fingerprint density at radius 2 is 2.08 bits per heavy atom. The van der Waals surface area contributed by atoms with Crippen LogP contribution in [0.5, 0.6) is 0 Å². The zero-order chi connectivity index (χ0) is 9.26. The van der Waals surface area contributed by atoms with E-state index in [4.69, 9.17) is 11.1 Å². The lowest BCUT2D eigenvalue weighted by Gasteiger charge is -1.98. The summed E-state index contributed by atoms with van der Waals surface area (Å²) < 4.78 is 0. The lowest BCUT2D eigenvalue weighted by atomic mass is 10.2. The average Bonchev–Trinajstić information content (AvgIpc) is 2.17. The summed E-state index contributed by atoms with van der Waals surface area (Å²) in [5.74, 6) is -0.0225. The highest BCUT2D eigenvalue weighted by Gasteiger charge is 1.99. The zero-order valence-electron chi connectivity index (χ0n) is 6.86. The summed E-state index contributed by atoms with van der Waals surface area (Å²) in [5.41, 5.74) is 7.36. The first-order valence-corrected chi connectivity index (χ1v) is 3.83. The number of pyridine rings is 2. The summed E-state index contributed by atoms with van der Waals surface area (Å²) in [6.07, 6.45) is 1.71. The fourth-order valence-corrected chi connectivity index (χ4v) is 1.11. The number of amidine groups is 1. The monoisotopic (exact) mass is 172 g/mol. The molecule has 2 rings (SSSR count). The van der Waals surface area contributed by atoms with Crippen LogP contribution in [-0.4, -0.2) is 15.8 Å². The smallest absolute Gasteiger partial charge is 0.141 e. The van der Waals surface area contributed by atoms with Gasteiger partial charge in [-0.05, 0) is 24.3 Å². The minimum atomic E-state index is -0.0225. The molecule has 0 aliphatic rings. The molecule has 3 N–H and O–H groups in total. The van der Waals surface area contributed by atoms with Gasteiger partial charge < -0.3 is 5.73 Å². The van der Waals surface area contributed by atoms with Crippen molar-refractivity contribution in [1.82, 2.24) is 9.97 Å². The Hall–Kier alpha value is -1.97.